The zero-order valence-electron chi connectivity index (χ0n) is 24.0. The summed E-state index contributed by atoms with van der Waals surface area (Å²) >= 11 is 3.44. The number of halogens is 1. The molecule has 0 aromatic heterocycles. The molecular weight excluding hydrogens is 604 g/mol. The molecule has 3 N–H and O–H groups in total. The van der Waals surface area contributed by atoms with Crippen molar-refractivity contribution in [3.05, 3.63) is 79.3 Å². The first-order chi connectivity index (χ1) is 20.0. The molecule has 9 nitrogen and oxygen atoms in total. The van der Waals surface area contributed by atoms with Crippen LogP contribution in [-0.4, -0.2) is 44.8 Å². The number of hydrogen-bond acceptors (Lipinski definition) is 7. The Hall–Kier alpha value is -3.34. The lowest BCUT2D eigenvalue weighted by Crippen LogP contribution is -2.39. The van der Waals surface area contributed by atoms with Gasteiger partial charge in [-0.25, -0.2) is 4.90 Å². The Morgan fingerprint density at radius 2 is 1.90 bits per heavy atom. The molecule has 4 rings (SSSR count). The molecule has 0 bridgehead atoms. The first-order valence-electron chi connectivity index (χ1n) is 14.3. The number of rotatable bonds is 11. The Balaban J connectivity index is 1.64. The van der Waals surface area contributed by atoms with Crippen LogP contribution in [0.5, 0.6) is 5.75 Å². The van der Waals surface area contributed by atoms with Gasteiger partial charge in [0.25, 0.3) is 5.69 Å². The van der Waals surface area contributed by atoms with Crippen molar-refractivity contribution >= 4 is 45.2 Å². The normalized spacial score (nSPS) is 21.7. The van der Waals surface area contributed by atoms with Gasteiger partial charge in [0.15, 0.2) is 0 Å². The van der Waals surface area contributed by atoms with Gasteiger partial charge in [0.05, 0.1) is 35.2 Å². The van der Waals surface area contributed by atoms with E-state index in [4.69, 9.17) is 0 Å². The molecule has 1 saturated heterocycles. The second kappa shape index (κ2) is 13.3. The van der Waals surface area contributed by atoms with Crippen molar-refractivity contribution in [3.63, 3.8) is 0 Å². The number of phenols is 1. The lowest BCUT2D eigenvalue weighted by atomic mass is 9.66. The first kappa shape index (κ1) is 31.6. The molecule has 2 aromatic rings. The van der Waals surface area contributed by atoms with E-state index in [-0.39, 0.29) is 29.5 Å². The molecule has 0 radical (unpaired) electrons. The molecule has 1 fully saturated rings. The van der Waals surface area contributed by atoms with Crippen LogP contribution in [0.4, 0.5) is 11.4 Å². The molecule has 2 aliphatic rings. The molecule has 1 heterocycles. The second-order valence-corrected chi connectivity index (χ2v) is 12.3. The number of nitro benzene ring substituents is 1. The predicted octanol–water partition coefficient (Wildman–Crippen LogP) is 6.16. The molecule has 42 heavy (non-hydrogen) atoms. The molecule has 2 amide bonds. The number of fused-ring (bicyclic) bond motifs is 1. The summed E-state index contributed by atoms with van der Waals surface area (Å²) in [5, 5.41) is 43.8. The van der Waals surface area contributed by atoms with E-state index in [9.17, 15) is 35.0 Å². The summed E-state index contributed by atoms with van der Waals surface area (Å²) in [6.45, 7) is 5.57. The number of imide groups is 1. The Bertz CT molecular complexity index is 1430. The van der Waals surface area contributed by atoms with Gasteiger partial charge in [-0.15, -0.1) is 0 Å². The van der Waals surface area contributed by atoms with Crippen LogP contribution >= 0.6 is 15.9 Å². The second-order valence-electron chi connectivity index (χ2n) is 11.4. The smallest absolute Gasteiger partial charge is 0.271 e. The number of phenolic OH excluding ortho intramolecular Hbond substituents is 1. The number of aliphatic hydroxyl groups is 2. The van der Waals surface area contributed by atoms with E-state index in [0.29, 0.717) is 24.0 Å². The van der Waals surface area contributed by atoms with Gasteiger partial charge in [0.2, 0.25) is 11.8 Å². The minimum atomic E-state index is -0.952. The maximum Gasteiger partial charge on any atom is 0.271 e. The van der Waals surface area contributed by atoms with Crippen LogP contribution < -0.4 is 4.90 Å². The maximum atomic E-state index is 13.7. The number of hydrogen-bond donors (Lipinski definition) is 3. The number of amides is 2. The standard InChI is InChI=1S/C32H37BrN2O7/c1-4-6-19(13-20-14-21(33)10-12-27(20)37)9-11-28(38)29-24(18(2)3)16-25-30(26(29)17-36)32(40)34(31(25)39)22-7-5-8-23(15-22)35(41)42/h5,7-8,10,12-15,18,25-26,28,30,36-38H,4,6,9,11,16-17H2,1-3H3/b19-13+/t25-,26+,28-,30-/m1/s1. The van der Waals surface area contributed by atoms with Crippen LogP contribution in [0.2, 0.25) is 0 Å². The van der Waals surface area contributed by atoms with E-state index in [1.165, 1.54) is 24.3 Å². The largest absolute Gasteiger partial charge is 0.507 e. The first-order valence-corrected chi connectivity index (χ1v) is 15.1. The van der Waals surface area contributed by atoms with E-state index >= 15 is 0 Å². The summed E-state index contributed by atoms with van der Waals surface area (Å²) in [5.41, 5.74) is 3.09. The molecule has 1 aliphatic heterocycles. The minimum absolute atomic E-state index is 0.0383. The van der Waals surface area contributed by atoms with Gasteiger partial charge in [0, 0.05) is 28.1 Å². The number of benzene rings is 2. The summed E-state index contributed by atoms with van der Waals surface area (Å²) in [6, 6.07) is 10.6. The van der Waals surface area contributed by atoms with Crippen LogP contribution in [-0.2, 0) is 9.59 Å². The zero-order valence-corrected chi connectivity index (χ0v) is 25.6. The van der Waals surface area contributed by atoms with Crippen LogP contribution in [0.25, 0.3) is 6.08 Å². The van der Waals surface area contributed by atoms with Gasteiger partial charge in [-0.05, 0) is 61.4 Å². The average molecular weight is 642 g/mol. The third-order valence-corrected chi connectivity index (χ3v) is 8.82. The van der Waals surface area contributed by atoms with Gasteiger partial charge in [-0.3, -0.25) is 19.7 Å². The number of allylic oxidation sites excluding steroid dienone is 2. The number of aliphatic hydroxyl groups excluding tert-OH is 2. The summed E-state index contributed by atoms with van der Waals surface area (Å²) in [7, 11) is 0. The molecule has 0 unspecified atom stereocenters. The molecule has 4 atom stereocenters. The fourth-order valence-corrected chi connectivity index (χ4v) is 6.75. The molecule has 2 aromatic carbocycles. The Kier molecular flexibility index (Phi) is 10.0. The number of carbonyl (C=O) groups is 2. The SMILES string of the molecule is CCC/C(=C\c1cc(Br)ccc1O)CC[C@@H](O)C1=C(C(C)C)C[C@H]2C(=O)N(c3cccc([N+](=O)[O-])c3)C(=O)[C@H]2[C@H]1CO. The fraction of sp³-hybridized carbons (Fsp3) is 0.438. The van der Waals surface area contributed by atoms with Crippen molar-refractivity contribution in [2.24, 2.45) is 23.7 Å². The van der Waals surface area contributed by atoms with Crippen molar-refractivity contribution in [2.45, 2.75) is 59.0 Å². The number of anilines is 1. The molecular formula is C32H37BrN2O7. The Labute approximate surface area is 253 Å². The van der Waals surface area contributed by atoms with Crippen molar-refractivity contribution in [1.29, 1.82) is 0 Å². The van der Waals surface area contributed by atoms with E-state index in [1.807, 2.05) is 26.0 Å². The van der Waals surface area contributed by atoms with Crippen LogP contribution in [0.15, 0.2) is 63.7 Å². The highest BCUT2D eigenvalue weighted by Gasteiger charge is 2.55. The Morgan fingerprint density at radius 3 is 2.55 bits per heavy atom. The van der Waals surface area contributed by atoms with E-state index in [2.05, 4.69) is 22.9 Å². The van der Waals surface area contributed by atoms with Crippen LogP contribution in [0, 0.1) is 33.8 Å². The van der Waals surface area contributed by atoms with Crippen molar-refractivity contribution in [1.82, 2.24) is 0 Å². The Morgan fingerprint density at radius 1 is 1.17 bits per heavy atom. The lowest BCUT2D eigenvalue weighted by Gasteiger charge is -2.38. The van der Waals surface area contributed by atoms with Gasteiger partial charge in [-0.1, -0.05) is 66.4 Å². The van der Waals surface area contributed by atoms with Gasteiger partial charge >= 0.3 is 0 Å². The average Bonchev–Trinajstić information content (AvgIpc) is 3.21. The molecule has 0 spiro atoms. The van der Waals surface area contributed by atoms with Gasteiger partial charge in [0.1, 0.15) is 5.75 Å². The van der Waals surface area contributed by atoms with Crippen LogP contribution in [0.1, 0.15) is 58.4 Å². The van der Waals surface area contributed by atoms with Crippen molar-refractivity contribution < 1.29 is 29.8 Å². The number of nitro groups is 1. The highest BCUT2D eigenvalue weighted by atomic mass is 79.9. The quantitative estimate of drug-likeness (QED) is 0.116. The third-order valence-electron chi connectivity index (χ3n) is 8.33. The van der Waals surface area contributed by atoms with Gasteiger partial charge in [-0.2, -0.15) is 0 Å². The van der Waals surface area contributed by atoms with E-state index < -0.39 is 47.2 Å². The summed E-state index contributed by atoms with van der Waals surface area (Å²) in [6.07, 6.45) is 3.78. The van der Waals surface area contributed by atoms with E-state index in [0.717, 1.165) is 33.4 Å². The van der Waals surface area contributed by atoms with Crippen molar-refractivity contribution in [2.75, 3.05) is 11.5 Å². The number of nitrogens with zero attached hydrogens (tertiary/aromatic N) is 2. The molecule has 10 heteroatoms. The fourth-order valence-electron chi connectivity index (χ4n) is 6.37. The number of non-ortho nitro benzene ring substituents is 1. The zero-order chi connectivity index (χ0) is 30.7. The monoisotopic (exact) mass is 640 g/mol. The topological polar surface area (TPSA) is 141 Å². The number of aromatic hydroxyl groups is 1. The molecule has 1 aliphatic carbocycles. The maximum absolute atomic E-state index is 13.7. The third kappa shape index (κ3) is 6.35. The predicted molar refractivity (Wildman–Crippen MR) is 164 cm³/mol. The molecule has 224 valence electrons. The minimum Gasteiger partial charge on any atom is -0.507 e. The summed E-state index contributed by atoms with van der Waals surface area (Å²) < 4.78 is 0.839. The van der Waals surface area contributed by atoms with Crippen molar-refractivity contribution in [3.8, 4) is 5.75 Å². The lowest BCUT2D eigenvalue weighted by molar-refractivity contribution is -0.384. The van der Waals surface area contributed by atoms with E-state index in [1.54, 1.807) is 12.1 Å². The highest BCUT2D eigenvalue weighted by Crippen LogP contribution is 2.49. The summed E-state index contributed by atoms with van der Waals surface area (Å²) in [5.74, 6) is -3.21. The van der Waals surface area contributed by atoms with Crippen LogP contribution in [0.3, 0.4) is 0 Å². The molecule has 0 saturated carbocycles. The number of carbonyl (C=O) groups excluding carboxylic acids is 2. The summed E-state index contributed by atoms with van der Waals surface area (Å²) in [4.78, 5) is 39.1. The van der Waals surface area contributed by atoms with Gasteiger partial charge < -0.3 is 15.3 Å². The highest BCUT2D eigenvalue weighted by molar-refractivity contribution is 9.10.